The third-order valence-corrected chi connectivity index (χ3v) is 4.80. The van der Waals surface area contributed by atoms with Crippen molar-refractivity contribution in [1.82, 2.24) is 15.1 Å². The van der Waals surface area contributed by atoms with Crippen LogP contribution in [0.2, 0.25) is 0 Å². The molecule has 0 amide bonds. The molecule has 0 aliphatic heterocycles. The Morgan fingerprint density at radius 1 is 1.24 bits per heavy atom. The molecule has 1 aromatic heterocycles. The van der Waals surface area contributed by atoms with Crippen molar-refractivity contribution in [3.8, 4) is 0 Å². The largest absolute Gasteiger partial charge is 0.313 e. The van der Waals surface area contributed by atoms with E-state index in [2.05, 4.69) is 44.3 Å². The van der Waals surface area contributed by atoms with Crippen molar-refractivity contribution in [2.45, 2.75) is 71.8 Å². The van der Waals surface area contributed by atoms with Crippen LogP contribution < -0.4 is 5.32 Å². The highest BCUT2D eigenvalue weighted by Crippen LogP contribution is 2.30. The van der Waals surface area contributed by atoms with Crippen LogP contribution in [0.1, 0.15) is 71.1 Å². The summed E-state index contributed by atoms with van der Waals surface area (Å²) in [6.45, 7) is 11.2. The molecule has 1 fully saturated rings. The summed E-state index contributed by atoms with van der Waals surface area (Å²) in [6, 6.07) is 0. The first-order valence-corrected chi connectivity index (χ1v) is 8.60. The molecular formula is C18H33N3. The van der Waals surface area contributed by atoms with E-state index in [1.165, 1.54) is 43.4 Å². The van der Waals surface area contributed by atoms with E-state index >= 15 is 0 Å². The van der Waals surface area contributed by atoms with E-state index in [0.717, 1.165) is 24.9 Å². The summed E-state index contributed by atoms with van der Waals surface area (Å²) < 4.78 is 1.94. The SMILES string of the molecule is CC1CCC(CCNCc2cn(C)nc2C(C)(C)C)CC1. The molecule has 21 heavy (non-hydrogen) atoms. The minimum Gasteiger partial charge on any atom is -0.313 e. The number of nitrogens with one attached hydrogen (secondary N) is 1. The van der Waals surface area contributed by atoms with Crippen LogP contribution in [0.4, 0.5) is 0 Å². The van der Waals surface area contributed by atoms with E-state index in [-0.39, 0.29) is 5.41 Å². The molecule has 3 nitrogen and oxygen atoms in total. The average molecular weight is 291 g/mol. The van der Waals surface area contributed by atoms with Gasteiger partial charge in [0, 0.05) is 30.8 Å². The van der Waals surface area contributed by atoms with Crippen LogP contribution in [0.15, 0.2) is 6.20 Å². The third-order valence-electron chi connectivity index (χ3n) is 4.80. The van der Waals surface area contributed by atoms with Crippen molar-refractivity contribution < 1.29 is 0 Å². The number of aromatic nitrogens is 2. The molecule has 1 aromatic rings. The summed E-state index contributed by atoms with van der Waals surface area (Å²) in [4.78, 5) is 0. The highest BCUT2D eigenvalue weighted by Gasteiger charge is 2.22. The van der Waals surface area contributed by atoms with E-state index in [4.69, 9.17) is 0 Å². The van der Waals surface area contributed by atoms with Crippen molar-refractivity contribution in [3.05, 3.63) is 17.5 Å². The average Bonchev–Trinajstić information content (AvgIpc) is 2.78. The van der Waals surface area contributed by atoms with E-state index in [0.29, 0.717) is 0 Å². The van der Waals surface area contributed by atoms with Gasteiger partial charge in [0.1, 0.15) is 0 Å². The maximum absolute atomic E-state index is 4.64. The maximum atomic E-state index is 4.64. The lowest BCUT2D eigenvalue weighted by Crippen LogP contribution is -2.22. The summed E-state index contributed by atoms with van der Waals surface area (Å²) in [7, 11) is 2.02. The van der Waals surface area contributed by atoms with Crippen LogP contribution >= 0.6 is 0 Å². The second-order valence-corrected chi connectivity index (χ2v) is 8.02. The number of nitrogens with zero attached hydrogens (tertiary/aromatic N) is 2. The second-order valence-electron chi connectivity index (χ2n) is 8.02. The highest BCUT2D eigenvalue weighted by molar-refractivity contribution is 5.23. The zero-order valence-corrected chi connectivity index (χ0v) is 14.6. The van der Waals surface area contributed by atoms with Crippen LogP contribution in [-0.2, 0) is 19.0 Å². The maximum Gasteiger partial charge on any atom is 0.0722 e. The van der Waals surface area contributed by atoms with Crippen molar-refractivity contribution in [2.24, 2.45) is 18.9 Å². The predicted molar refractivity (Wildman–Crippen MR) is 89.4 cm³/mol. The summed E-state index contributed by atoms with van der Waals surface area (Å²) >= 11 is 0. The fraction of sp³-hybridized carbons (Fsp3) is 0.833. The summed E-state index contributed by atoms with van der Waals surface area (Å²) in [6.07, 6.45) is 9.22. The van der Waals surface area contributed by atoms with E-state index < -0.39 is 0 Å². The first-order valence-electron chi connectivity index (χ1n) is 8.60. The molecule has 0 aromatic carbocycles. The van der Waals surface area contributed by atoms with Gasteiger partial charge in [0.15, 0.2) is 0 Å². The van der Waals surface area contributed by atoms with Crippen molar-refractivity contribution in [3.63, 3.8) is 0 Å². The smallest absolute Gasteiger partial charge is 0.0722 e. The van der Waals surface area contributed by atoms with Crippen LogP contribution in [0, 0.1) is 11.8 Å². The molecule has 1 aliphatic carbocycles. The van der Waals surface area contributed by atoms with Gasteiger partial charge in [-0.3, -0.25) is 4.68 Å². The zero-order valence-electron chi connectivity index (χ0n) is 14.6. The fourth-order valence-electron chi connectivity index (χ4n) is 3.45. The van der Waals surface area contributed by atoms with Crippen LogP contribution in [0.25, 0.3) is 0 Å². The first kappa shape index (κ1) is 16.5. The molecule has 3 heteroatoms. The van der Waals surface area contributed by atoms with Crippen LogP contribution in [0.3, 0.4) is 0 Å². The Morgan fingerprint density at radius 2 is 1.90 bits per heavy atom. The molecule has 120 valence electrons. The van der Waals surface area contributed by atoms with Crippen LogP contribution in [-0.4, -0.2) is 16.3 Å². The summed E-state index contributed by atoms with van der Waals surface area (Å²) in [5.74, 6) is 1.91. The molecule has 0 radical (unpaired) electrons. The van der Waals surface area contributed by atoms with Gasteiger partial charge < -0.3 is 5.32 Å². The lowest BCUT2D eigenvalue weighted by molar-refractivity contribution is 0.275. The minimum atomic E-state index is 0.123. The Hall–Kier alpha value is -0.830. The molecule has 0 spiro atoms. The first-order chi connectivity index (χ1) is 9.86. The molecule has 0 atom stereocenters. The molecule has 1 heterocycles. The summed E-state index contributed by atoms with van der Waals surface area (Å²) in [5, 5.41) is 8.27. The molecular weight excluding hydrogens is 258 g/mol. The Labute approximate surface area is 130 Å². The number of hydrogen-bond acceptors (Lipinski definition) is 2. The van der Waals surface area contributed by atoms with Gasteiger partial charge >= 0.3 is 0 Å². The van der Waals surface area contributed by atoms with E-state index in [1.54, 1.807) is 0 Å². The van der Waals surface area contributed by atoms with Gasteiger partial charge in [0.05, 0.1) is 5.69 Å². The monoisotopic (exact) mass is 291 g/mol. The topological polar surface area (TPSA) is 29.9 Å². The highest BCUT2D eigenvalue weighted by atomic mass is 15.3. The molecule has 1 N–H and O–H groups in total. The van der Waals surface area contributed by atoms with Gasteiger partial charge in [-0.15, -0.1) is 0 Å². The van der Waals surface area contributed by atoms with Gasteiger partial charge in [0.25, 0.3) is 0 Å². The van der Waals surface area contributed by atoms with Crippen molar-refractivity contribution in [2.75, 3.05) is 6.54 Å². The molecule has 1 saturated carbocycles. The normalized spacial score (nSPS) is 23.5. The lowest BCUT2D eigenvalue weighted by Gasteiger charge is -2.26. The van der Waals surface area contributed by atoms with E-state index in [1.807, 2.05) is 11.7 Å². The summed E-state index contributed by atoms with van der Waals surface area (Å²) in [5.41, 5.74) is 2.70. The van der Waals surface area contributed by atoms with Crippen molar-refractivity contribution >= 4 is 0 Å². The van der Waals surface area contributed by atoms with Gasteiger partial charge in [-0.25, -0.2) is 0 Å². The fourth-order valence-corrected chi connectivity index (χ4v) is 3.45. The van der Waals surface area contributed by atoms with Crippen LogP contribution in [0.5, 0.6) is 0 Å². The second kappa shape index (κ2) is 6.95. The van der Waals surface area contributed by atoms with Gasteiger partial charge in [-0.2, -0.15) is 5.10 Å². The van der Waals surface area contributed by atoms with Crippen molar-refractivity contribution in [1.29, 1.82) is 0 Å². The Balaban J connectivity index is 1.76. The third kappa shape index (κ3) is 4.84. The standard InChI is InChI=1S/C18H33N3/c1-14-6-8-15(9-7-14)10-11-19-12-16-13-21(5)20-17(16)18(2,3)4/h13-15,19H,6-12H2,1-5H3. The molecule has 0 unspecified atom stereocenters. The molecule has 0 bridgehead atoms. The zero-order chi connectivity index (χ0) is 15.5. The molecule has 0 saturated heterocycles. The van der Waals surface area contributed by atoms with Gasteiger partial charge in [-0.05, 0) is 24.8 Å². The Kier molecular flexibility index (Phi) is 5.48. The minimum absolute atomic E-state index is 0.123. The number of hydrogen-bond donors (Lipinski definition) is 1. The quantitative estimate of drug-likeness (QED) is 0.830. The predicted octanol–water partition coefficient (Wildman–Crippen LogP) is 4.02. The van der Waals surface area contributed by atoms with Gasteiger partial charge in [-0.1, -0.05) is 53.4 Å². The Bertz CT molecular complexity index is 434. The van der Waals surface area contributed by atoms with Gasteiger partial charge in [0.2, 0.25) is 0 Å². The molecule has 1 aliphatic rings. The Morgan fingerprint density at radius 3 is 2.52 bits per heavy atom. The number of rotatable bonds is 5. The lowest BCUT2D eigenvalue weighted by atomic mass is 9.81. The number of aryl methyl sites for hydroxylation is 1. The molecule has 2 rings (SSSR count). The van der Waals surface area contributed by atoms with E-state index in [9.17, 15) is 0 Å².